The van der Waals surface area contributed by atoms with E-state index in [4.69, 9.17) is 9.47 Å². The number of carbonyl (C=O) groups is 1. The standard InChI is InChI=1S/C22H23N3O3/c1-15-21(16(2)25(24-15)14-17-7-4-3-5-8-17)22(26)23-18-9-10-19-20(13-18)28-12-6-11-27-19/h3-5,7-10,13H,6,11-12,14H2,1-2H3,(H,23,26). The van der Waals surface area contributed by atoms with Crippen molar-refractivity contribution in [2.75, 3.05) is 18.5 Å². The third kappa shape index (κ3) is 3.71. The molecule has 28 heavy (non-hydrogen) atoms. The fourth-order valence-corrected chi connectivity index (χ4v) is 3.37. The molecule has 0 saturated carbocycles. The number of nitrogens with one attached hydrogen (secondary N) is 1. The molecule has 0 aliphatic carbocycles. The van der Waals surface area contributed by atoms with Crippen LogP contribution in [0.15, 0.2) is 48.5 Å². The first kappa shape index (κ1) is 18.1. The van der Waals surface area contributed by atoms with Crippen LogP contribution < -0.4 is 14.8 Å². The molecule has 0 saturated heterocycles. The second-order valence-electron chi connectivity index (χ2n) is 6.86. The van der Waals surface area contributed by atoms with Gasteiger partial charge < -0.3 is 14.8 Å². The lowest BCUT2D eigenvalue weighted by atomic mass is 10.1. The Balaban J connectivity index is 1.54. The number of hydrogen-bond donors (Lipinski definition) is 1. The van der Waals surface area contributed by atoms with E-state index in [2.05, 4.69) is 10.4 Å². The Kier molecular flexibility index (Phi) is 5.02. The minimum Gasteiger partial charge on any atom is -0.490 e. The lowest BCUT2D eigenvalue weighted by Crippen LogP contribution is -2.14. The molecule has 0 fully saturated rings. The Morgan fingerprint density at radius 2 is 1.82 bits per heavy atom. The number of fused-ring (bicyclic) bond motifs is 1. The van der Waals surface area contributed by atoms with E-state index in [-0.39, 0.29) is 5.91 Å². The molecule has 3 aromatic rings. The number of hydrogen-bond acceptors (Lipinski definition) is 4. The Labute approximate surface area is 164 Å². The van der Waals surface area contributed by atoms with Crippen molar-refractivity contribution in [3.05, 3.63) is 71.0 Å². The Bertz CT molecular complexity index is 996. The molecule has 1 amide bonds. The SMILES string of the molecule is Cc1nn(Cc2ccccc2)c(C)c1C(=O)Nc1ccc2c(c1)OCCCO2. The summed E-state index contributed by atoms with van der Waals surface area (Å²) in [5, 5.41) is 7.52. The maximum absolute atomic E-state index is 12.9. The molecular weight excluding hydrogens is 354 g/mol. The second kappa shape index (κ2) is 7.76. The molecule has 0 spiro atoms. The van der Waals surface area contributed by atoms with E-state index in [0.717, 1.165) is 17.7 Å². The van der Waals surface area contributed by atoms with Gasteiger partial charge in [-0.05, 0) is 31.5 Å². The molecule has 1 aliphatic heterocycles. The maximum Gasteiger partial charge on any atom is 0.259 e. The van der Waals surface area contributed by atoms with Crippen LogP contribution in [0.5, 0.6) is 11.5 Å². The Hall–Kier alpha value is -3.28. The highest BCUT2D eigenvalue weighted by Crippen LogP contribution is 2.32. The van der Waals surface area contributed by atoms with Crippen LogP contribution in [0.25, 0.3) is 0 Å². The predicted molar refractivity (Wildman–Crippen MR) is 107 cm³/mol. The van der Waals surface area contributed by atoms with Gasteiger partial charge in [0.25, 0.3) is 5.91 Å². The van der Waals surface area contributed by atoms with Crippen molar-refractivity contribution in [2.45, 2.75) is 26.8 Å². The quantitative estimate of drug-likeness (QED) is 0.747. The van der Waals surface area contributed by atoms with E-state index in [0.29, 0.717) is 48.2 Å². The van der Waals surface area contributed by atoms with Gasteiger partial charge in [0.2, 0.25) is 0 Å². The summed E-state index contributed by atoms with van der Waals surface area (Å²) in [6.45, 7) is 5.65. The molecule has 2 aromatic carbocycles. The summed E-state index contributed by atoms with van der Waals surface area (Å²) < 4.78 is 13.2. The van der Waals surface area contributed by atoms with Crippen LogP contribution in [0, 0.1) is 13.8 Å². The van der Waals surface area contributed by atoms with Crippen molar-refractivity contribution < 1.29 is 14.3 Å². The van der Waals surface area contributed by atoms with Gasteiger partial charge in [0, 0.05) is 23.9 Å². The zero-order valence-corrected chi connectivity index (χ0v) is 16.1. The molecule has 1 N–H and O–H groups in total. The van der Waals surface area contributed by atoms with Crippen LogP contribution in [-0.2, 0) is 6.54 Å². The van der Waals surface area contributed by atoms with Gasteiger partial charge in [0.1, 0.15) is 0 Å². The van der Waals surface area contributed by atoms with Crippen molar-refractivity contribution >= 4 is 11.6 Å². The van der Waals surface area contributed by atoms with Crippen LogP contribution >= 0.6 is 0 Å². The smallest absolute Gasteiger partial charge is 0.259 e. The highest BCUT2D eigenvalue weighted by atomic mass is 16.5. The fraction of sp³-hybridized carbons (Fsp3) is 0.273. The molecule has 6 heteroatoms. The van der Waals surface area contributed by atoms with Crippen molar-refractivity contribution in [1.82, 2.24) is 9.78 Å². The van der Waals surface area contributed by atoms with Gasteiger partial charge in [-0.3, -0.25) is 9.48 Å². The fourth-order valence-electron chi connectivity index (χ4n) is 3.37. The van der Waals surface area contributed by atoms with Crippen molar-refractivity contribution in [1.29, 1.82) is 0 Å². The summed E-state index contributed by atoms with van der Waals surface area (Å²) in [5.41, 5.74) is 3.96. The molecule has 2 heterocycles. The zero-order valence-electron chi connectivity index (χ0n) is 16.1. The average Bonchev–Trinajstić information content (AvgIpc) is 2.85. The number of aromatic nitrogens is 2. The molecule has 1 aliphatic rings. The lowest BCUT2D eigenvalue weighted by Gasteiger charge is -2.11. The van der Waals surface area contributed by atoms with Gasteiger partial charge in [-0.1, -0.05) is 30.3 Å². The highest BCUT2D eigenvalue weighted by molar-refractivity contribution is 6.06. The zero-order chi connectivity index (χ0) is 19.5. The van der Waals surface area contributed by atoms with Crippen LogP contribution in [-0.4, -0.2) is 28.9 Å². The largest absolute Gasteiger partial charge is 0.490 e. The first-order valence-electron chi connectivity index (χ1n) is 9.41. The molecule has 6 nitrogen and oxygen atoms in total. The topological polar surface area (TPSA) is 65.4 Å². The molecule has 0 bridgehead atoms. The molecule has 0 radical (unpaired) electrons. The number of rotatable bonds is 4. The highest BCUT2D eigenvalue weighted by Gasteiger charge is 2.20. The van der Waals surface area contributed by atoms with Crippen LogP contribution in [0.3, 0.4) is 0 Å². The van der Waals surface area contributed by atoms with Crippen molar-refractivity contribution in [2.24, 2.45) is 0 Å². The summed E-state index contributed by atoms with van der Waals surface area (Å²) in [5.74, 6) is 1.19. The van der Waals surface area contributed by atoms with E-state index in [1.807, 2.05) is 61.0 Å². The summed E-state index contributed by atoms with van der Waals surface area (Å²) in [6, 6.07) is 15.5. The molecule has 1 aromatic heterocycles. The van der Waals surface area contributed by atoms with Crippen LogP contribution in [0.1, 0.15) is 33.7 Å². The van der Waals surface area contributed by atoms with E-state index < -0.39 is 0 Å². The molecule has 0 unspecified atom stereocenters. The number of carbonyl (C=O) groups excluding carboxylic acids is 1. The third-order valence-corrected chi connectivity index (χ3v) is 4.79. The Morgan fingerprint density at radius 1 is 1.07 bits per heavy atom. The number of nitrogens with zero attached hydrogens (tertiary/aromatic N) is 2. The number of benzene rings is 2. The maximum atomic E-state index is 12.9. The first-order chi connectivity index (χ1) is 13.6. The molecular formula is C22H23N3O3. The molecule has 144 valence electrons. The van der Waals surface area contributed by atoms with Gasteiger partial charge in [-0.2, -0.15) is 5.10 Å². The van der Waals surface area contributed by atoms with Gasteiger partial charge >= 0.3 is 0 Å². The number of ether oxygens (including phenoxy) is 2. The minimum atomic E-state index is -0.177. The summed E-state index contributed by atoms with van der Waals surface area (Å²) in [4.78, 5) is 12.9. The molecule has 4 rings (SSSR count). The normalized spacial score (nSPS) is 13.1. The third-order valence-electron chi connectivity index (χ3n) is 4.79. The first-order valence-corrected chi connectivity index (χ1v) is 9.41. The van der Waals surface area contributed by atoms with Crippen LogP contribution in [0.2, 0.25) is 0 Å². The summed E-state index contributed by atoms with van der Waals surface area (Å²) in [7, 11) is 0. The monoisotopic (exact) mass is 377 g/mol. The van der Waals surface area contributed by atoms with E-state index in [1.54, 1.807) is 6.07 Å². The predicted octanol–water partition coefficient (Wildman–Crippen LogP) is 3.96. The number of amides is 1. The Morgan fingerprint density at radius 3 is 2.61 bits per heavy atom. The number of aryl methyl sites for hydroxylation is 1. The van der Waals surface area contributed by atoms with E-state index >= 15 is 0 Å². The van der Waals surface area contributed by atoms with Gasteiger partial charge in [0.15, 0.2) is 11.5 Å². The van der Waals surface area contributed by atoms with Gasteiger partial charge in [0.05, 0.1) is 31.0 Å². The second-order valence-corrected chi connectivity index (χ2v) is 6.86. The van der Waals surface area contributed by atoms with Gasteiger partial charge in [-0.15, -0.1) is 0 Å². The van der Waals surface area contributed by atoms with E-state index in [1.165, 1.54) is 0 Å². The summed E-state index contributed by atoms with van der Waals surface area (Å²) in [6.07, 6.45) is 0.843. The average molecular weight is 377 g/mol. The summed E-state index contributed by atoms with van der Waals surface area (Å²) >= 11 is 0. The van der Waals surface area contributed by atoms with Crippen molar-refractivity contribution in [3.8, 4) is 11.5 Å². The number of anilines is 1. The lowest BCUT2D eigenvalue weighted by molar-refractivity contribution is 0.102. The van der Waals surface area contributed by atoms with E-state index in [9.17, 15) is 4.79 Å². The molecule has 0 atom stereocenters. The minimum absolute atomic E-state index is 0.177. The van der Waals surface area contributed by atoms with Gasteiger partial charge in [-0.25, -0.2) is 0 Å². The van der Waals surface area contributed by atoms with Crippen LogP contribution in [0.4, 0.5) is 5.69 Å². The van der Waals surface area contributed by atoms with Crippen molar-refractivity contribution in [3.63, 3.8) is 0 Å².